The largest absolute Gasteiger partial charge is 0.480 e. The molecule has 52 heavy (non-hydrogen) atoms. The fraction of sp³-hybridized carbons (Fsp3) is 0.548. The Balaban J connectivity index is 3.16. The van der Waals surface area contributed by atoms with Crippen molar-refractivity contribution in [3.8, 4) is 0 Å². The van der Waals surface area contributed by atoms with Gasteiger partial charge in [-0.25, -0.2) is 4.79 Å². The molecule has 0 aliphatic carbocycles. The normalized spacial score (nSPS) is 14.9. The van der Waals surface area contributed by atoms with E-state index in [9.17, 15) is 53.7 Å². The quantitative estimate of drug-likeness (QED) is 0.0346. The molecule has 1 aromatic carbocycles. The number of hydrogen-bond donors (Lipinski definition) is 13. The van der Waals surface area contributed by atoms with Crippen molar-refractivity contribution >= 4 is 59.9 Å². The predicted octanol–water partition coefficient (Wildman–Crippen LogP) is -5.51. The molecule has 0 aliphatic rings. The van der Waals surface area contributed by atoms with E-state index >= 15 is 0 Å². The second kappa shape index (κ2) is 23.6. The maximum atomic E-state index is 13.5. The highest BCUT2D eigenvalue weighted by Gasteiger charge is 2.33. The zero-order valence-electron chi connectivity index (χ0n) is 28.6. The number of carbonyl (C=O) groups is 8. The second-order valence-corrected chi connectivity index (χ2v) is 12.0. The molecular weight excluding hydrogens is 706 g/mol. The minimum atomic E-state index is -1.73. The van der Waals surface area contributed by atoms with Crippen molar-refractivity contribution in [2.75, 3.05) is 25.5 Å². The molecular formula is C31H49N9O11S. The van der Waals surface area contributed by atoms with Crippen LogP contribution in [-0.4, -0.2) is 130 Å². The van der Waals surface area contributed by atoms with Gasteiger partial charge in [0, 0.05) is 12.2 Å². The summed E-state index contributed by atoms with van der Waals surface area (Å²) < 4.78 is 0. The summed E-state index contributed by atoms with van der Waals surface area (Å²) in [5, 5.41) is 42.3. The molecule has 0 bridgehead atoms. The van der Waals surface area contributed by atoms with Crippen LogP contribution in [0.25, 0.3) is 0 Å². The molecule has 1 aromatic rings. The monoisotopic (exact) mass is 755 g/mol. The van der Waals surface area contributed by atoms with Gasteiger partial charge in [0.1, 0.15) is 42.3 Å². The summed E-state index contributed by atoms with van der Waals surface area (Å²) in [5.74, 6) is -8.40. The number of hydrogen-bond acceptors (Lipinski definition) is 13. The van der Waals surface area contributed by atoms with Crippen molar-refractivity contribution in [2.45, 2.75) is 81.3 Å². The van der Waals surface area contributed by atoms with Gasteiger partial charge in [0.2, 0.25) is 41.4 Å². The van der Waals surface area contributed by atoms with Gasteiger partial charge < -0.3 is 64.4 Å². The Hall–Kier alpha value is -4.83. The highest BCUT2D eigenvalue weighted by molar-refractivity contribution is 7.80. The third-order valence-electron chi connectivity index (χ3n) is 7.43. The zero-order chi connectivity index (χ0) is 39.4. The summed E-state index contributed by atoms with van der Waals surface area (Å²) in [5.41, 5.74) is 16.8. The standard InChI is InChI=1S/C31H49N9O11S/c1-16(35-27(46)19(9-5-6-10-32)36-26(45)18(33)13-41)25(44)37-20(11-17-7-3-2-4-8-17)28(47)39-22(14-42)30(49)38-21(12-24(34)43)29(48)40-23(15-52)31(50)51/h2-4,7-8,16,18-23,41-42,52H,5-6,9-15,32-33H2,1H3,(H2,34,43)(H,35,46)(H,36,45)(H,37,44)(H,38,49)(H,39,47)(H,40,48)(H,50,51)/t16-,18-,19-,20-,21-,22-,23-/m0/s1. The number of nitrogens with one attached hydrogen (secondary N) is 6. The van der Waals surface area contributed by atoms with Crippen LogP contribution in [0.2, 0.25) is 0 Å². The van der Waals surface area contributed by atoms with E-state index < -0.39 is 109 Å². The number of aliphatic carboxylic acids is 1. The number of carboxylic acids is 1. The Morgan fingerprint density at radius 3 is 1.75 bits per heavy atom. The van der Waals surface area contributed by atoms with Gasteiger partial charge in [0.15, 0.2) is 0 Å². The average Bonchev–Trinajstić information content (AvgIpc) is 3.10. The first-order chi connectivity index (χ1) is 24.6. The van der Waals surface area contributed by atoms with Gasteiger partial charge >= 0.3 is 5.97 Å². The highest BCUT2D eigenvalue weighted by atomic mass is 32.1. The Morgan fingerprint density at radius 1 is 0.692 bits per heavy atom. The van der Waals surface area contributed by atoms with Gasteiger partial charge in [0.05, 0.1) is 19.6 Å². The van der Waals surface area contributed by atoms with E-state index in [2.05, 4.69) is 44.5 Å². The third-order valence-corrected chi connectivity index (χ3v) is 7.80. The van der Waals surface area contributed by atoms with Crippen LogP contribution in [0.1, 0.15) is 38.2 Å². The van der Waals surface area contributed by atoms with Crippen molar-refractivity contribution in [1.82, 2.24) is 31.9 Å². The number of primary amides is 1. The molecule has 0 aliphatic heterocycles. The Morgan fingerprint density at radius 2 is 1.21 bits per heavy atom. The molecule has 0 fully saturated rings. The van der Waals surface area contributed by atoms with Crippen LogP contribution in [0.5, 0.6) is 0 Å². The van der Waals surface area contributed by atoms with E-state index in [1.165, 1.54) is 6.92 Å². The molecule has 0 saturated carbocycles. The molecule has 0 saturated heterocycles. The van der Waals surface area contributed by atoms with E-state index in [-0.39, 0.29) is 18.6 Å². The summed E-state index contributed by atoms with van der Waals surface area (Å²) >= 11 is 3.84. The van der Waals surface area contributed by atoms with Crippen molar-refractivity contribution in [3.05, 3.63) is 35.9 Å². The van der Waals surface area contributed by atoms with Crippen LogP contribution in [-0.2, 0) is 44.8 Å². The van der Waals surface area contributed by atoms with Gasteiger partial charge in [-0.15, -0.1) is 0 Å². The minimum Gasteiger partial charge on any atom is -0.480 e. The molecule has 20 nitrogen and oxygen atoms in total. The van der Waals surface area contributed by atoms with Gasteiger partial charge in [0.25, 0.3) is 0 Å². The smallest absolute Gasteiger partial charge is 0.327 e. The first-order valence-corrected chi connectivity index (χ1v) is 16.9. The molecule has 0 unspecified atom stereocenters. The van der Waals surface area contributed by atoms with Crippen molar-refractivity contribution in [1.29, 1.82) is 0 Å². The number of amides is 7. The molecule has 0 heterocycles. The van der Waals surface area contributed by atoms with E-state index in [0.29, 0.717) is 24.9 Å². The second-order valence-electron chi connectivity index (χ2n) is 11.7. The topological polar surface area (TPSA) is 347 Å². The number of carboxylic acid groups (broad SMARTS) is 1. The first-order valence-electron chi connectivity index (χ1n) is 16.2. The van der Waals surface area contributed by atoms with Gasteiger partial charge in [-0.3, -0.25) is 33.6 Å². The summed E-state index contributed by atoms with van der Waals surface area (Å²) in [6, 6.07) is -1.61. The molecule has 7 atom stereocenters. The number of benzene rings is 1. The van der Waals surface area contributed by atoms with Crippen LogP contribution in [0.4, 0.5) is 0 Å². The van der Waals surface area contributed by atoms with Crippen LogP contribution in [0.3, 0.4) is 0 Å². The van der Waals surface area contributed by atoms with Crippen molar-refractivity contribution in [2.24, 2.45) is 17.2 Å². The van der Waals surface area contributed by atoms with Gasteiger partial charge in [-0.1, -0.05) is 30.3 Å². The van der Waals surface area contributed by atoms with Gasteiger partial charge in [-0.05, 0) is 38.3 Å². The molecule has 7 amide bonds. The molecule has 0 radical (unpaired) electrons. The lowest BCUT2D eigenvalue weighted by atomic mass is 10.0. The maximum Gasteiger partial charge on any atom is 0.327 e. The molecule has 15 N–H and O–H groups in total. The summed E-state index contributed by atoms with van der Waals surface area (Å²) in [7, 11) is 0. The van der Waals surface area contributed by atoms with Gasteiger partial charge in [-0.2, -0.15) is 12.6 Å². The van der Waals surface area contributed by atoms with Crippen LogP contribution >= 0.6 is 12.6 Å². The number of aliphatic hydroxyl groups is 2. The number of thiol groups is 1. The molecule has 21 heteroatoms. The number of rotatable bonds is 24. The minimum absolute atomic E-state index is 0.122. The Kier molecular flexibility index (Phi) is 20.5. The predicted molar refractivity (Wildman–Crippen MR) is 188 cm³/mol. The lowest BCUT2D eigenvalue weighted by Crippen LogP contribution is -2.60. The number of carbonyl (C=O) groups excluding carboxylic acids is 7. The lowest BCUT2D eigenvalue weighted by Gasteiger charge is -2.26. The molecule has 0 spiro atoms. The fourth-order valence-electron chi connectivity index (χ4n) is 4.47. The SMILES string of the molecule is C[C@H](NC(=O)[C@H](CCCCN)NC(=O)[C@@H](N)CO)C(=O)N[C@@H](Cc1ccccc1)C(=O)N[C@@H](CO)C(=O)N[C@@H](CC(N)=O)C(=O)N[C@@H](CS)C(=O)O. The van der Waals surface area contributed by atoms with Crippen molar-refractivity contribution in [3.63, 3.8) is 0 Å². The van der Waals surface area contributed by atoms with E-state index in [1.807, 2.05) is 0 Å². The van der Waals surface area contributed by atoms with Crippen molar-refractivity contribution < 1.29 is 53.7 Å². The average molecular weight is 756 g/mol. The number of unbranched alkanes of at least 4 members (excludes halogenated alkanes) is 1. The van der Waals surface area contributed by atoms with Crippen LogP contribution in [0, 0.1) is 0 Å². The zero-order valence-corrected chi connectivity index (χ0v) is 29.5. The summed E-state index contributed by atoms with van der Waals surface area (Å²) in [6.07, 6.45) is 0.232. The maximum absolute atomic E-state index is 13.5. The molecule has 0 aromatic heterocycles. The van der Waals surface area contributed by atoms with E-state index in [0.717, 1.165) is 0 Å². The summed E-state index contributed by atoms with van der Waals surface area (Å²) in [4.78, 5) is 101. The third kappa shape index (κ3) is 16.0. The number of aliphatic hydroxyl groups excluding tert-OH is 2. The highest BCUT2D eigenvalue weighted by Crippen LogP contribution is 2.07. The Labute approximate surface area is 305 Å². The lowest BCUT2D eigenvalue weighted by molar-refractivity contribution is -0.141. The van der Waals surface area contributed by atoms with E-state index in [1.54, 1.807) is 30.3 Å². The van der Waals surface area contributed by atoms with E-state index in [4.69, 9.17) is 17.2 Å². The first kappa shape index (κ1) is 45.2. The molecule has 290 valence electrons. The fourth-order valence-corrected chi connectivity index (χ4v) is 4.71. The van der Waals surface area contributed by atoms with Crippen LogP contribution < -0.4 is 49.1 Å². The summed E-state index contributed by atoms with van der Waals surface area (Å²) in [6.45, 7) is -0.0296. The number of nitrogens with two attached hydrogens (primary N) is 3. The molecule has 1 rings (SSSR count). The Bertz CT molecular complexity index is 1390. The van der Waals surface area contributed by atoms with Crippen LogP contribution in [0.15, 0.2) is 30.3 Å².